The first kappa shape index (κ1) is 33.6. The fraction of sp³-hybridized carbons (Fsp3) is 0.167. The van der Waals surface area contributed by atoms with Crippen molar-refractivity contribution in [1.82, 2.24) is 0 Å². The quantitative estimate of drug-likeness (QED) is 0.0940. The molecule has 1 unspecified atom stereocenters. The van der Waals surface area contributed by atoms with Gasteiger partial charge in [-0.05, 0) is 35.7 Å². The Kier molecular flexibility index (Phi) is 7.83. The fourth-order valence-corrected chi connectivity index (χ4v) is 6.53. The summed E-state index contributed by atoms with van der Waals surface area (Å²) in [5.74, 6) is -8.22. The summed E-state index contributed by atoms with van der Waals surface area (Å²) in [7, 11) is 0. The number of carbonyl (C=O) groups is 1. The highest BCUT2D eigenvalue weighted by atomic mass is 16.6. The van der Waals surface area contributed by atoms with Crippen LogP contribution in [0.2, 0.25) is 0 Å². The number of phenols is 9. The standard InChI is InChI=1S/C36H28O16/c37-14-5-20(39)18-10-26(45)35(51-27(18)7-14)17-9-25(44)33(48)30-16(17)1-12(2-24(43)32(30)47)34-29(11-19-21(40)6-15(38)8-28(19)50-34)52-36(49)13-3-22(41)31(46)23(42)4-13/h1-9,26,29,34-35,37-42,44-46,48H,10-11H2,(H,43,47)/t26-,29-,34?,35-/m0/s1. The van der Waals surface area contributed by atoms with Crippen molar-refractivity contribution in [3.63, 3.8) is 0 Å². The molecule has 268 valence electrons. The molecule has 5 aromatic rings. The van der Waals surface area contributed by atoms with E-state index in [1.165, 1.54) is 12.1 Å². The average Bonchev–Trinajstić information content (AvgIpc) is 3.20. The molecule has 0 bridgehead atoms. The van der Waals surface area contributed by atoms with Crippen molar-refractivity contribution in [2.45, 2.75) is 37.3 Å². The number of aliphatic hydroxyl groups is 1. The van der Waals surface area contributed by atoms with E-state index in [2.05, 4.69) is 0 Å². The maximum atomic E-state index is 13.5. The zero-order valence-corrected chi connectivity index (χ0v) is 26.4. The Morgan fingerprint density at radius 2 is 1.17 bits per heavy atom. The van der Waals surface area contributed by atoms with Gasteiger partial charge >= 0.3 is 5.97 Å². The molecule has 7 rings (SSSR count). The van der Waals surface area contributed by atoms with Crippen LogP contribution < -0.4 is 14.9 Å². The summed E-state index contributed by atoms with van der Waals surface area (Å²) >= 11 is 0. The van der Waals surface area contributed by atoms with Gasteiger partial charge in [-0.25, -0.2) is 4.79 Å². The number of aromatic hydroxyl groups is 10. The molecule has 5 aromatic carbocycles. The van der Waals surface area contributed by atoms with Gasteiger partial charge in [0.25, 0.3) is 0 Å². The van der Waals surface area contributed by atoms with E-state index in [1.54, 1.807) is 0 Å². The zero-order valence-electron chi connectivity index (χ0n) is 26.4. The smallest absolute Gasteiger partial charge is 0.338 e. The second-order valence-electron chi connectivity index (χ2n) is 12.4. The van der Waals surface area contributed by atoms with Crippen LogP contribution in [0.1, 0.15) is 44.8 Å². The molecule has 0 saturated heterocycles. The van der Waals surface area contributed by atoms with Gasteiger partial charge in [-0.15, -0.1) is 0 Å². The van der Waals surface area contributed by atoms with E-state index < -0.39 is 92.8 Å². The Balaban J connectivity index is 1.41. The van der Waals surface area contributed by atoms with Crippen LogP contribution in [0.5, 0.6) is 69.0 Å². The molecule has 4 atom stereocenters. The van der Waals surface area contributed by atoms with Gasteiger partial charge in [-0.2, -0.15) is 0 Å². The number of ether oxygens (including phenoxy) is 3. The number of aliphatic hydroxyl groups excluding tert-OH is 1. The van der Waals surface area contributed by atoms with Gasteiger partial charge in [0.05, 0.1) is 17.1 Å². The molecule has 16 nitrogen and oxygen atoms in total. The molecular weight excluding hydrogens is 688 g/mol. The Morgan fingerprint density at radius 3 is 1.79 bits per heavy atom. The molecule has 0 radical (unpaired) electrons. The molecule has 0 aromatic heterocycles. The highest BCUT2D eigenvalue weighted by molar-refractivity contribution is 5.97. The second-order valence-corrected chi connectivity index (χ2v) is 12.4. The Bertz CT molecular complexity index is 2370. The minimum Gasteiger partial charge on any atom is -0.508 e. The number of hydrogen-bond donors (Lipinski definition) is 11. The van der Waals surface area contributed by atoms with Gasteiger partial charge in [0, 0.05) is 59.4 Å². The van der Waals surface area contributed by atoms with Gasteiger partial charge < -0.3 is 70.4 Å². The number of benzene rings is 4. The summed E-state index contributed by atoms with van der Waals surface area (Å²) in [4.78, 5) is 26.8. The number of rotatable bonds is 4. The highest BCUT2D eigenvalue weighted by Crippen LogP contribution is 2.49. The lowest BCUT2D eigenvalue weighted by Gasteiger charge is -2.34. The molecule has 0 amide bonds. The first-order valence-corrected chi connectivity index (χ1v) is 15.4. The third kappa shape index (κ3) is 5.56. The van der Waals surface area contributed by atoms with Gasteiger partial charge in [0.15, 0.2) is 46.7 Å². The van der Waals surface area contributed by atoms with Crippen LogP contribution in [-0.2, 0) is 17.6 Å². The van der Waals surface area contributed by atoms with Crippen molar-refractivity contribution in [2.75, 3.05) is 0 Å². The molecule has 2 aliphatic rings. The lowest BCUT2D eigenvalue weighted by Crippen LogP contribution is -2.35. The topological polar surface area (TPSA) is 284 Å². The highest BCUT2D eigenvalue weighted by Gasteiger charge is 2.39. The van der Waals surface area contributed by atoms with Crippen LogP contribution in [0, 0.1) is 0 Å². The van der Waals surface area contributed by atoms with Gasteiger partial charge in [-0.1, -0.05) is 0 Å². The first-order chi connectivity index (χ1) is 24.6. The molecular formula is C36H28O16. The normalized spacial score (nSPS) is 19.2. The second kappa shape index (κ2) is 12.1. The largest absolute Gasteiger partial charge is 0.508 e. The molecule has 0 aliphatic carbocycles. The average molecular weight is 717 g/mol. The van der Waals surface area contributed by atoms with Crippen LogP contribution >= 0.6 is 0 Å². The lowest BCUT2D eigenvalue weighted by molar-refractivity contribution is -0.0188. The molecule has 0 spiro atoms. The molecule has 52 heavy (non-hydrogen) atoms. The minimum atomic E-state index is -1.49. The molecule has 16 heteroatoms. The monoisotopic (exact) mass is 716 g/mol. The summed E-state index contributed by atoms with van der Waals surface area (Å²) < 4.78 is 17.8. The van der Waals surface area contributed by atoms with E-state index in [-0.39, 0.29) is 63.5 Å². The van der Waals surface area contributed by atoms with E-state index in [0.717, 1.165) is 42.5 Å². The molecule has 2 heterocycles. The number of esters is 1. The van der Waals surface area contributed by atoms with Crippen molar-refractivity contribution in [3.05, 3.63) is 92.6 Å². The molecule has 11 N–H and O–H groups in total. The predicted octanol–water partition coefficient (Wildman–Crippen LogP) is 3.19. The number of carbonyl (C=O) groups excluding carboxylic acids is 1. The van der Waals surface area contributed by atoms with Crippen molar-refractivity contribution in [2.24, 2.45) is 0 Å². The van der Waals surface area contributed by atoms with Gasteiger partial charge in [0.2, 0.25) is 5.43 Å². The van der Waals surface area contributed by atoms with Crippen LogP contribution in [0.15, 0.2) is 59.4 Å². The lowest BCUT2D eigenvalue weighted by atomic mass is 9.90. The first-order valence-electron chi connectivity index (χ1n) is 15.4. The third-order valence-electron chi connectivity index (χ3n) is 8.98. The zero-order chi connectivity index (χ0) is 37.3. The van der Waals surface area contributed by atoms with E-state index in [4.69, 9.17) is 14.2 Å². The predicted molar refractivity (Wildman–Crippen MR) is 176 cm³/mol. The summed E-state index contributed by atoms with van der Waals surface area (Å²) in [6.45, 7) is 0. The van der Waals surface area contributed by atoms with Crippen molar-refractivity contribution < 1.29 is 75.2 Å². The van der Waals surface area contributed by atoms with Crippen molar-refractivity contribution in [1.29, 1.82) is 0 Å². The van der Waals surface area contributed by atoms with Gasteiger partial charge in [-0.3, -0.25) is 4.79 Å². The van der Waals surface area contributed by atoms with Crippen LogP contribution in [0.4, 0.5) is 0 Å². The third-order valence-corrected chi connectivity index (χ3v) is 8.98. The maximum absolute atomic E-state index is 13.5. The Morgan fingerprint density at radius 1 is 0.615 bits per heavy atom. The Hall–Kier alpha value is -6.94. The SMILES string of the molecule is O=C(O[C@H]1Cc2c(O)cc(O)cc2OC1c1cc(=O)c(O)c2c(O)c(O)cc([C@@H]3Oc4cc(O)cc(O)c4C[C@@H]3O)c2c1)c1cc(O)c(O)c(O)c1. The number of phenolic OH excluding ortho intramolecular Hbond substituents is 9. The Labute approximate surface area is 290 Å². The van der Waals surface area contributed by atoms with Crippen molar-refractivity contribution in [3.8, 4) is 69.0 Å². The van der Waals surface area contributed by atoms with Crippen LogP contribution in [-0.4, -0.2) is 74.3 Å². The fourth-order valence-electron chi connectivity index (χ4n) is 6.53. The number of hydrogen-bond acceptors (Lipinski definition) is 16. The summed E-state index contributed by atoms with van der Waals surface area (Å²) in [5.41, 5.74) is -1.52. The van der Waals surface area contributed by atoms with Crippen LogP contribution in [0.3, 0.4) is 0 Å². The summed E-state index contributed by atoms with van der Waals surface area (Å²) in [5, 5.41) is 114. The molecule has 0 saturated carbocycles. The molecule has 0 fully saturated rings. The van der Waals surface area contributed by atoms with Crippen LogP contribution in [0.25, 0.3) is 10.8 Å². The maximum Gasteiger partial charge on any atom is 0.338 e. The van der Waals surface area contributed by atoms with E-state index in [9.17, 15) is 65.8 Å². The van der Waals surface area contributed by atoms with E-state index in [0.29, 0.717) is 0 Å². The van der Waals surface area contributed by atoms with Crippen molar-refractivity contribution >= 4 is 16.7 Å². The summed E-state index contributed by atoms with van der Waals surface area (Å²) in [6.07, 6.45) is -6.29. The number of fused-ring (bicyclic) bond motifs is 3. The minimum absolute atomic E-state index is 0.0344. The van der Waals surface area contributed by atoms with E-state index >= 15 is 0 Å². The summed E-state index contributed by atoms with van der Waals surface area (Å²) in [6, 6.07) is 9.16. The molecule has 2 aliphatic heterocycles. The van der Waals surface area contributed by atoms with E-state index in [1.807, 2.05) is 0 Å². The van der Waals surface area contributed by atoms with Gasteiger partial charge in [0.1, 0.15) is 40.6 Å².